The summed E-state index contributed by atoms with van der Waals surface area (Å²) in [5.41, 5.74) is 2.36. The third-order valence-electron chi connectivity index (χ3n) is 4.79. The van der Waals surface area contributed by atoms with E-state index in [1.54, 1.807) is 6.07 Å². The van der Waals surface area contributed by atoms with E-state index in [-0.39, 0.29) is 11.8 Å². The van der Waals surface area contributed by atoms with E-state index in [9.17, 15) is 4.79 Å². The molecule has 1 aromatic carbocycles. The molecule has 0 unspecified atom stereocenters. The first-order valence-electron chi connectivity index (χ1n) is 8.15. The van der Waals surface area contributed by atoms with Crippen LogP contribution in [0.2, 0.25) is 0 Å². The Hall–Kier alpha value is -2.61. The zero-order valence-electron chi connectivity index (χ0n) is 12.9. The third-order valence-corrected chi connectivity index (χ3v) is 4.79. The highest BCUT2D eigenvalue weighted by Gasteiger charge is 2.33. The lowest BCUT2D eigenvalue weighted by Crippen LogP contribution is -2.43. The standard InChI is InChI=1S/C18H18N4O/c19-11-13-4-1-7-15(10-13)16-12-21-8-3-9-22(18(21)20-16)17(23)14-5-2-6-14/h1,4,7,10,12,14H,2-3,5-6,8-9H2. The van der Waals surface area contributed by atoms with Gasteiger partial charge in [-0.25, -0.2) is 4.98 Å². The Kier molecular flexibility index (Phi) is 3.38. The van der Waals surface area contributed by atoms with Gasteiger partial charge in [-0.05, 0) is 31.4 Å². The quantitative estimate of drug-likeness (QED) is 0.857. The maximum Gasteiger partial charge on any atom is 0.232 e. The monoisotopic (exact) mass is 306 g/mol. The predicted octanol–water partition coefficient (Wildman–Crippen LogP) is 2.96. The molecule has 4 rings (SSSR count). The fraction of sp³-hybridized carbons (Fsp3) is 0.389. The maximum atomic E-state index is 12.6. The van der Waals surface area contributed by atoms with Crippen LogP contribution in [-0.2, 0) is 11.3 Å². The molecule has 0 atom stereocenters. The van der Waals surface area contributed by atoms with Crippen LogP contribution in [0.15, 0.2) is 30.5 Å². The van der Waals surface area contributed by atoms with Crippen molar-refractivity contribution >= 4 is 11.9 Å². The van der Waals surface area contributed by atoms with Gasteiger partial charge in [0.2, 0.25) is 11.9 Å². The van der Waals surface area contributed by atoms with E-state index in [0.29, 0.717) is 5.56 Å². The normalized spacial score (nSPS) is 17.3. The molecule has 0 N–H and O–H groups in total. The molecular formula is C18H18N4O. The topological polar surface area (TPSA) is 61.9 Å². The molecule has 2 aliphatic rings. The number of rotatable bonds is 2. The number of nitrogens with zero attached hydrogens (tertiary/aromatic N) is 4. The number of hydrogen-bond acceptors (Lipinski definition) is 3. The lowest BCUT2D eigenvalue weighted by molar-refractivity contribution is -0.124. The first-order chi connectivity index (χ1) is 11.3. The van der Waals surface area contributed by atoms with Gasteiger partial charge in [-0.15, -0.1) is 0 Å². The van der Waals surface area contributed by atoms with Crippen LogP contribution in [0.4, 0.5) is 5.95 Å². The van der Waals surface area contributed by atoms with Gasteiger partial charge in [0.25, 0.3) is 0 Å². The van der Waals surface area contributed by atoms with Crippen molar-refractivity contribution in [3.8, 4) is 17.3 Å². The molecular weight excluding hydrogens is 288 g/mol. The summed E-state index contributed by atoms with van der Waals surface area (Å²) < 4.78 is 2.06. The Morgan fingerprint density at radius 1 is 1.26 bits per heavy atom. The number of aromatic nitrogens is 2. The van der Waals surface area contributed by atoms with Crippen LogP contribution in [0.3, 0.4) is 0 Å². The number of hydrogen-bond donors (Lipinski definition) is 0. The number of anilines is 1. The molecule has 0 bridgehead atoms. The zero-order chi connectivity index (χ0) is 15.8. The Bertz CT molecular complexity index is 798. The number of imidazole rings is 1. The molecule has 1 aliphatic carbocycles. The summed E-state index contributed by atoms with van der Waals surface area (Å²) in [7, 11) is 0. The van der Waals surface area contributed by atoms with Gasteiger partial charge in [0.1, 0.15) is 0 Å². The van der Waals surface area contributed by atoms with E-state index in [4.69, 9.17) is 10.2 Å². The Morgan fingerprint density at radius 2 is 2.13 bits per heavy atom. The van der Waals surface area contributed by atoms with Crippen LogP contribution in [-0.4, -0.2) is 22.0 Å². The minimum absolute atomic E-state index is 0.184. The Balaban J connectivity index is 1.69. The summed E-state index contributed by atoms with van der Waals surface area (Å²) in [4.78, 5) is 19.2. The van der Waals surface area contributed by atoms with Gasteiger partial charge in [0, 0.05) is 30.8 Å². The number of amides is 1. The average molecular weight is 306 g/mol. The second-order valence-electron chi connectivity index (χ2n) is 6.28. The van der Waals surface area contributed by atoms with E-state index < -0.39 is 0 Å². The van der Waals surface area contributed by atoms with E-state index in [1.165, 1.54) is 0 Å². The van der Waals surface area contributed by atoms with Crippen LogP contribution in [0.25, 0.3) is 11.3 Å². The van der Waals surface area contributed by atoms with Crippen LogP contribution >= 0.6 is 0 Å². The SMILES string of the molecule is N#Cc1cccc(-c2cn3c(n2)N(C(=O)C2CCC2)CCC3)c1. The molecule has 0 radical (unpaired) electrons. The lowest BCUT2D eigenvalue weighted by Gasteiger charge is -2.33. The van der Waals surface area contributed by atoms with Gasteiger partial charge in [-0.2, -0.15) is 5.26 Å². The zero-order valence-corrected chi connectivity index (χ0v) is 12.9. The lowest BCUT2D eigenvalue weighted by atomic mass is 9.84. The van der Waals surface area contributed by atoms with Gasteiger partial charge in [0.15, 0.2) is 0 Å². The molecule has 1 fully saturated rings. The van der Waals surface area contributed by atoms with Crippen LogP contribution < -0.4 is 4.90 Å². The van der Waals surface area contributed by atoms with E-state index in [1.807, 2.05) is 29.3 Å². The Labute approximate surface area is 135 Å². The first kappa shape index (κ1) is 14.0. The minimum atomic E-state index is 0.184. The number of carbonyl (C=O) groups is 1. The highest BCUT2D eigenvalue weighted by atomic mass is 16.2. The van der Waals surface area contributed by atoms with Crippen molar-refractivity contribution in [2.75, 3.05) is 11.4 Å². The molecule has 0 saturated heterocycles. The molecule has 5 nitrogen and oxygen atoms in total. The molecule has 5 heteroatoms. The van der Waals surface area contributed by atoms with Crippen molar-refractivity contribution in [3.63, 3.8) is 0 Å². The Morgan fingerprint density at radius 3 is 2.87 bits per heavy atom. The van der Waals surface area contributed by atoms with Crippen molar-refractivity contribution in [2.45, 2.75) is 32.2 Å². The fourth-order valence-electron chi connectivity index (χ4n) is 3.26. The number of fused-ring (bicyclic) bond motifs is 1. The molecule has 2 aromatic rings. The van der Waals surface area contributed by atoms with Gasteiger partial charge in [-0.3, -0.25) is 9.69 Å². The molecule has 2 heterocycles. The van der Waals surface area contributed by atoms with Crippen LogP contribution in [0.1, 0.15) is 31.2 Å². The summed E-state index contributed by atoms with van der Waals surface area (Å²) in [5, 5.41) is 9.05. The molecule has 116 valence electrons. The summed E-state index contributed by atoms with van der Waals surface area (Å²) in [5.74, 6) is 1.16. The van der Waals surface area contributed by atoms with Crippen molar-refractivity contribution in [2.24, 2.45) is 5.92 Å². The van der Waals surface area contributed by atoms with Crippen molar-refractivity contribution in [1.82, 2.24) is 9.55 Å². The van der Waals surface area contributed by atoms with Crippen molar-refractivity contribution in [3.05, 3.63) is 36.0 Å². The molecule has 1 amide bonds. The molecule has 1 aromatic heterocycles. The average Bonchev–Trinajstić information content (AvgIpc) is 2.97. The van der Waals surface area contributed by atoms with Gasteiger partial charge < -0.3 is 4.57 Å². The third kappa shape index (κ3) is 2.40. The van der Waals surface area contributed by atoms with Gasteiger partial charge in [-0.1, -0.05) is 18.6 Å². The van der Waals surface area contributed by atoms with Crippen molar-refractivity contribution in [1.29, 1.82) is 5.26 Å². The first-order valence-corrected chi connectivity index (χ1v) is 8.15. The smallest absolute Gasteiger partial charge is 0.232 e. The van der Waals surface area contributed by atoms with Crippen LogP contribution in [0.5, 0.6) is 0 Å². The van der Waals surface area contributed by atoms with Crippen LogP contribution in [0, 0.1) is 17.2 Å². The van der Waals surface area contributed by atoms with E-state index in [0.717, 1.165) is 56.0 Å². The number of aryl methyl sites for hydroxylation is 1. The van der Waals surface area contributed by atoms with Gasteiger partial charge >= 0.3 is 0 Å². The molecule has 1 aliphatic heterocycles. The summed E-state index contributed by atoms with van der Waals surface area (Å²) in [6.45, 7) is 1.64. The van der Waals surface area contributed by atoms with Crippen molar-refractivity contribution < 1.29 is 4.79 Å². The summed E-state index contributed by atoms with van der Waals surface area (Å²) >= 11 is 0. The second kappa shape index (κ2) is 5.54. The molecule has 1 saturated carbocycles. The largest absolute Gasteiger partial charge is 0.316 e. The van der Waals surface area contributed by atoms with E-state index in [2.05, 4.69) is 10.6 Å². The highest BCUT2D eigenvalue weighted by molar-refractivity contribution is 5.94. The highest BCUT2D eigenvalue weighted by Crippen LogP contribution is 2.32. The summed E-state index contributed by atoms with van der Waals surface area (Å²) in [6, 6.07) is 9.60. The maximum absolute atomic E-state index is 12.6. The van der Waals surface area contributed by atoms with E-state index >= 15 is 0 Å². The minimum Gasteiger partial charge on any atom is -0.316 e. The predicted molar refractivity (Wildman–Crippen MR) is 86.7 cm³/mol. The van der Waals surface area contributed by atoms with Gasteiger partial charge in [0.05, 0.1) is 17.3 Å². The fourth-order valence-corrected chi connectivity index (χ4v) is 3.26. The number of nitriles is 1. The summed E-state index contributed by atoms with van der Waals surface area (Å²) in [6.07, 6.45) is 6.12. The number of benzene rings is 1. The number of carbonyl (C=O) groups excluding carboxylic acids is 1. The molecule has 23 heavy (non-hydrogen) atoms. The second-order valence-corrected chi connectivity index (χ2v) is 6.28. The molecule has 0 spiro atoms.